The molecule has 0 aliphatic carbocycles. The minimum atomic E-state index is -3.72. The minimum Gasteiger partial charge on any atom is -0.491 e. The van der Waals surface area contributed by atoms with E-state index in [4.69, 9.17) is 16.3 Å². The molecule has 0 saturated carbocycles. The van der Waals surface area contributed by atoms with Crippen LogP contribution in [-0.2, 0) is 10.0 Å². The van der Waals surface area contributed by atoms with Crippen LogP contribution in [0.3, 0.4) is 0 Å². The summed E-state index contributed by atoms with van der Waals surface area (Å²) in [5, 5.41) is 0.170. The fourth-order valence-electron chi connectivity index (χ4n) is 2.20. The molecule has 2 aromatic rings. The van der Waals surface area contributed by atoms with Gasteiger partial charge in [-0.2, -0.15) is 0 Å². The molecule has 1 atom stereocenters. The van der Waals surface area contributed by atoms with Crippen LogP contribution in [0, 0.1) is 0 Å². The lowest BCUT2D eigenvalue weighted by Gasteiger charge is -2.13. The minimum absolute atomic E-state index is 0.0525. The van der Waals surface area contributed by atoms with E-state index in [0.29, 0.717) is 5.75 Å². The van der Waals surface area contributed by atoms with Crippen molar-refractivity contribution in [3.8, 4) is 5.75 Å². The van der Waals surface area contributed by atoms with Gasteiger partial charge in [0.1, 0.15) is 17.3 Å². The first-order chi connectivity index (χ1) is 9.97. The predicted molar refractivity (Wildman–Crippen MR) is 84.2 cm³/mol. The molecule has 1 heterocycles. The van der Waals surface area contributed by atoms with Crippen LogP contribution in [0.2, 0.25) is 5.02 Å². The smallest absolute Gasteiger partial charge is 0.242 e. The van der Waals surface area contributed by atoms with E-state index in [9.17, 15) is 8.42 Å². The molecule has 0 radical (unpaired) electrons. The van der Waals surface area contributed by atoms with E-state index >= 15 is 0 Å². The van der Waals surface area contributed by atoms with Crippen LogP contribution in [0.4, 0.5) is 0 Å². The molecule has 1 aliphatic rings. The SMILES string of the molecule is O=S(=O)(NC1COc2ccccc21)c1ccc(Br)cc1Cl. The molecule has 0 aromatic heterocycles. The normalized spacial score (nSPS) is 17.3. The van der Waals surface area contributed by atoms with Gasteiger partial charge in [0.05, 0.1) is 11.1 Å². The van der Waals surface area contributed by atoms with Crippen LogP contribution in [0.5, 0.6) is 5.75 Å². The largest absolute Gasteiger partial charge is 0.491 e. The second kappa shape index (κ2) is 5.61. The summed E-state index contributed by atoms with van der Waals surface area (Å²) in [6, 6.07) is 11.6. The molecule has 0 fully saturated rings. The monoisotopic (exact) mass is 387 g/mol. The van der Waals surface area contributed by atoms with E-state index in [1.807, 2.05) is 24.3 Å². The van der Waals surface area contributed by atoms with Crippen molar-refractivity contribution in [2.45, 2.75) is 10.9 Å². The van der Waals surface area contributed by atoms with Crippen molar-refractivity contribution >= 4 is 37.6 Å². The van der Waals surface area contributed by atoms with Crippen molar-refractivity contribution < 1.29 is 13.2 Å². The summed E-state index contributed by atoms with van der Waals surface area (Å²) in [4.78, 5) is 0.0525. The van der Waals surface area contributed by atoms with E-state index in [-0.39, 0.29) is 16.5 Å². The predicted octanol–water partition coefficient (Wildman–Crippen LogP) is 3.51. The fraction of sp³-hybridized carbons (Fsp3) is 0.143. The van der Waals surface area contributed by atoms with Gasteiger partial charge < -0.3 is 4.74 Å². The number of ether oxygens (including phenoxy) is 1. The third-order valence-corrected chi connectivity index (χ3v) is 5.63. The van der Waals surface area contributed by atoms with Crippen molar-refractivity contribution in [2.75, 3.05) is 6.61 Å². The van der Waals surface area contributed by atoms with Gasteiger partial charge in [0.2, 0.25) is 10.0 Å². The maximum atomic E-state index is 12.5. The first kappa shape index (κ1) is 14.8. The Kier molecular flexibility index (Phi) is 3.96. The van der Waals surface area contributed by atoms with Crippen LogP contribution in [0.25, 0.3) is 0 Å². The summed E-state index contributed by atoms with van der Waals surface area (Å²) in [5.74, 6) is 0.701. The molecule has 0 saturated heterocycles. The van der Waals surface area contributed by atoms with Crippen molar-refractivity contribution in [1.82, 2.24) is 4.72 Å². The Balaban J connectivity index is 1.91. The lowest BCUT2D eigenvalue weighted by Crippen LogP contribution is -2.29. The molecular weight excluding hydrogens is 378 g/mol. The summed E-state index contributed by atoms with van der Waals surface area (Å²) in [7, 11) is -3.72. The van der Waals surface area contributed by atoms with Gasteiger partial charge in [-0.15, -0.1) is 0 Å². The van der Waals surface area contributed by atoms with Gasteiger partial charge in [0, 0.05) is 10.0 Å². The van der Waals surface area contributed by atoms with Gasteiger partial charge in [-0.1, -0.05) is 45.7 Å². The number of fused-ring (bicyclic) bond motifs is 1. The van der Waals surface area contributed by atoms with Gasteiger partial charge >= 0.3 is 0 Å². The molecule has 1 N–H and O–H groups in total. The van der Waals surface area contributed by atoms with Crippen molar-refractivity contribution in [3.63, 3.8) is 0 Å². The summed E-state index contributed by atoms with van der Waals surface area (Å²) in [6.07, 6.45) is 0. The molecule has 0 bridgehead atoms. The number of hydrogen-bond donors (Lipinski definition) is 1. The maximum Gasteiger partial charge on any atom is 0.242 e. The molecular formula is C14H11BrClNO3S. The Labute approximate surface area is 136 Å². The molecule has 3 rings (SSSR count). The van der Waals surface area contributed by atoms with E-state index < -0.39 is 16.1 Å². The number of sulfonamides is 1. The van der Waals surface area contributed by atoms with Crippen LogP contribution in [0.1, 0.15) is 11.6 Å². The Bertz CT molecular complexity index is 795. The highest BCUT2D eigenvalue weighted by molar-refractivity contribution is 9.10. The molecule has 1 aliphatic heterocycles. The Morgan fingerprint density at radius 3 is 2.76 bits per heavy atom. The van der Waals surface area contributed by atoms with Crippen LogP contribution < -0.4 is 9.46 Å². The molecule has 0 spiro atoms. The van der Waals surface area contributed by atoms with Crippen molar-refractivity contribution in [1.29, 1.82) is 0 Å². The summed E-state index contributed by atoms with van der Waals surface area (Å²) < 4.78 is 33.8. The number of hydrogen-bond acceptors (Lipinski definition) is 3. The van der Waals surface area contributed by atoms with Gasteiger partial charge in [-0.25, -0.2) is 13.1 Å². The quantitative estimate of drug-likeness (QED) is 0.875. The number of benzene rings is 2. The first-order valence-electron chi connectivity index (χ1n) is 6.16. The van der Waals surface area contributed by atoms with Crippen LogP contribution in [-0.4, -0.2) is 15.0 Å². The highest BCUT2D eigenvalue weighted by Gasteiger charge is 2.29. The second-order valence-electron chi connectivity index (χ2n) is 4.60. The topological polar surface area (TPSA) is 55.4 Å². The summed E-state index contributed by atoms with van der Waals surface area (Å²) >= 11 is 9.27. The Hall–Kier alpha value is -1.08. The Morgan fingerprint density at radius 2 is 2.00 bits per heavy atom. The molecule has 7 heteroatoms. The maximum absolute atomic E-state index is 12.5. The van der Waals surface area contributed by atoms with Crippen LogP contribution in [0.15, 0.2) is 51.8 Å². The Morgan fingerprint density at radius 1 is 1.24 bits per heavy atom. The molecule has 4 nitrogen and oxygen atoms in total. The fourth-order valence-corrected chi connectivity index (χ4v) is 4.44. The van der Waals surface area contributed by atoms with E-state index in [0.717, 1.165) is 10.0 Å². The molecule has 1 unspecified atom stereocenters. The van der Waals surface area contributed by atoms with E-state index in [2.05, 4.69) is 20.7 Å². The van der Waals surface area contributed by atoms with E-state index in [1.54, 1.807) is 12.1 Å². The number of rotatable bonds is 3. The van der Waals surface area contributed by atoms with Gasteiger partial charge in [-0.3, -0.25) is 0 Å². The average Bonchev–Trinajstić information content (AvgIpc) is 2.81. The van der Waals surface area contributed by atoms with Gasteiger partial charge in [0.15, 0.2) is 0 Å². The molecule has 2 aromatic carbocycles. The van der Waals surface area contributed by atoms with Crippen molar-refractivity contribution in [3.05, 3.63) is 57.5 Å². The van der Waals surface area contributed by atoms with Crippen LogP contribution >= 0.6 is 27.5 Å². The lowest BCUT2D eigenvalue weighted by atomic mass is 10.1. The third kappa shape index (κ3) is 2.94. The standard InChI is InChI=1S/C14H11BrClNO3S/c15-9-5-6-14(11(16)7-9)21(18,19)17-12-8-20-13-4-2-1-3-10(12)13/h1-7,12,17H,8H2. The van der Waals surface area contributed by atoms with Gasteiger partial charge in [0.25, 0.3) is 0 Å². The summed E-state index contributed by atoms with van der Waals surface area (Å²) in [5.41, 5.74) is 0.828. The summed E-state index contributed by atoms with van der Waals surface area (Å²) in [6.45, 7) is 0.271. The van der Waals surface area contributed by atoms with Gasteiger partial charge in [-0.05, 0) is 24.3 Å². The zero-order valence-electron chi connectivity index (χ0n) is 10.7. The number of para-hydroxylation sites is 1. The molecule has 0 amide bonds. The third-order valence-electron chi connectivity index (χ3n) is 3.18. The zero-order valence-corrected chi connectivity index (χ0v) is 13.9. The molecule has 21 heavy (non-hydrogen) atoms. The van der Waals surface area contributed by atoms with Crippen molar-refractivity contribution in [2.24, 2.45) is 0 Å². The van der Waals surface area contributed by atoms with E-state index in [1.165, 1.54) is 6.07 Å². The lowest BCUT2D eigenvalue weighted by molar-refractivity contribution is 0.325. The number of halogens is 2. The number of nitrogens with one attached hydrogen (secondary N) is 1. The first-order valence-corrected chi connectivity index (χ1v) is 8.82. The highest BCUT2D eigenvalue weighted by atomic mass is 79.9. The molecule has 110 valence electrons. The average molecular weight is 389 g/mol. The second-order valence-corrected chi connectivity index (χ2v) is 7.60. The zero-order chi connectivity index (χ0) is 15.0. The highest BCUT2D eigenvalue weighted by Crippen LogP contribution is 2.33.